The summed E-state index contributed by atoms with van der Waals surface area (Å²) in [4.78, 5) is 12.0. The molecule has 2 heterocycles. The Morgan fingerprint density at radius 3 is 2.43 bits per heavy atom. The zero-order valence-corrected chi connectivity index (χ0v) is 21.9. The molecule has 1 aliphatic heterocycles. The van der Waals surface area contributed by atoms with Gasteiger partial charge >= 0.3 is 6.09 Å². The van der Waals surface area contributed by atoms with Gasteiger partial charge in [0.15, 0.2) is 9.84 Å². The predicted molar refractivity (Wildman–Crippen MR) is 142 cm³/mol. The third-order valence-electron chi connectivity index (χ3n) is 6.84. The number of nitriles is 1. The Labute approximate surface area is 217 Å². The highest BCUT2D eigenvalue weighted by Gasteiger charge is 2.28. The summed E-state index contributed by atoms with van der Waals surface area (Å²) < 4.78 is 37.1. The maximum atomic E-state index is 12.0. The third kappa shape index (κ3) is 5.75. The van der Waals surface area contributed by atoms with Gasteiger partial charge < -0.3 is 14.0 Å². The Hall–Kier alpha value is -3.51. The van der Waals surface area contributed by atoms with Gasteiger partial charge in [-0.25, -0.2) is 13.2 Å². The van der Waals surface area contributed by atoms with E-state index in [2.05, 4.69) is 16.0 Å². The minimum atomic E-state index is -2.96. The van der Waals surface area contributed by atoms with E-state index in [0.717, 1.165) is 41.5 Å². The smallest absolute Gasteiger partial charge is 0.411 e. The summed E-state index contributed by atoms with van der Waals surface area (Å²) >= 11 is 0. The van der Waals surface area contributed by atoms with Crippen molar-refractivity contribution in [1.29, 1.82) is 5.26 Å². The Kier molecular flexibility index (Phi) is 6.86. The first kappa shape index (κ1) is 25.2. The number of anilines is 1. The molecule has 8 nitrogen and oxygen atoms in total. The van der Waals surface area contributed by atoms with Crippen molar-refractivity contribution in [3.8, 4) is 23.1 Å². The predicted octanol–water partition coefficient (Wildman–Crippen LogP) is 5.50. The topological polar surface area (TPSA) is 110 Å². The molecule has 0 unspecified atom stereocenters. The van der Waals surface area contributed by atoms with Crippen LogP contribution in [0.4, 0.5) is 10.5 Å². The molecule has 1 saturated heterocycles. The lowest BCUT2D eigenvalue weighted by Crippen LogP contribution is -2.30. The summed E-state index contributed by atoms with van der Waals surface area (Å²) in [5.74, 6) is 1.56. The van der Waals surface area contributed by atoms with E-state index in [0.29, 0.717) is 35.8 Å². The first-order valence-electron chi connectivity index (χ1n) is 12.7. The molecule has 0 spiro atoms. The first-order chi connectivity index (χ1) is 17.7. The van der Waals surface area contributed by atoms with E-state index in [9.17, 15) is 18.5 Å². The molecule has 9 heteroatoms. The van der Waals surface area contributed by atoms with Gasteiger partial charge in [0.25, 0.3) is 0 Å². The Bertz CT molecular complexity index is 1450. The van der Waals surface area contributed by atoms with Crippen molar-refractivity contribution in [3.05, 3.63) is 48.0 Å². The van der Waals surface area contributed by atoms with Gasteiger partial charge in [-0.3, -0.25) is 5.32 Å². The second kappa shape index (κ2) is 10.1. The lowest BCUT2D eigenvalue weighted by atomic mass is 10.1. The van der Waals surface area contributed by atoms with Crippen LogP contribution in [0.2, 0.25) is 0 Å². The van der Waals surface area contributed by atoms with Crippen LogP contribution in [0.25, 0.3) is 22.2 Å². The van der Waals surface area contributed by atoms with Crippen LogP contribution in [0, 0.1) is 17.2 Å². The fourth-order valence-electron chi connectivity index (χ4n) is 4.82. The fraction of sp³-hybridized carbons (Fsp3) is 0.429. The number of nitrogens with one attached hydrogen (secondary N) is 1. The van der Waals surface area contributed by atoms with Crippen molar-refractivity contribution in [2.24, 2.45) is 5.92 Å². The number of nitrogens with zero attached hydrogens (tertiary/aromatic N) is 2. The number of carbonyl (C=O) groups excluding carboxylic acids is 1. The van der Waals surface area contributed by atoms with Gasteiger partial charge in [0.1, 0.15) is 17.9 Å². The molecule has 2 aromatic carbocycles. The zero-order valence-electron chi connectivity index (χ0n) is 21.1. The van der Waals surface area contributed by atoms with Crippen LogP contribution in [0.1, 0.15) is 45.1 Å². The number of sulfone groups is 1. The number of ether oxygens (including phenoxy) is 2. The molecule has 1 amide bonds. The largest absolute Gasteiger partial charge is 0.490 e. The Balaban J connectivity index is 1.48. The molecule has 2 fully saturated rings. The average Bonchev–Trinajstić information content (AvgIpc) is 3.62. The molecule has 1 aromatic heterocycles. The Morgan fingerprint density at radius 1 is 1.11 bits per heavy atom. The van der Waals surface area contributed by atoms with Crippen LogP contribution >= 0.6 is 0 Å². The van der Waals surface area contributed by atoms with Gasteiger partial charge in [-0.1, -0.05) is 12.1 Å². The first-order valence-corrected chi connectivity index (χ1v) is 14.6. The molecule has 1 saturated carbocycles. The van der Waals surface area contributed by atoms with Crippen molar-refractivity contribution in [2.75, 3.05) is 16.8 Å². The summed E-state index contributed by atoms with van der Waals surface area (Å²) in [5, 5.41) is 13.7. The lowest BCUT2D eigenvalue weighted by molar-refractivity contribution is 0.130. The van der Waals surface area contributed by atoms with Crippen LogP contribution in [0.5, 0.6) is 5.75 Å². The summed E-state index contributed by atoms with van der Waals surface area (Å²) in [6, 6.07) is 15.6. The number of fused-ring (bicyclic) bond motifs is 1. The average molecular weight is 522 g/mol. The van der Waals surface area contributed by atoms with Crippen LogP contribution in [0.15, 0.2) is 42.5 Å². The van der Waals surface area contributed by atoms with Crippen molar-refractivity contribution < 1.29 is 22.7 Å². The van der Waals surface area contributed by atoms with E-state index < -0.39 is 15.9 Å². The summed E-state index contributed by atoms with van der Waals surface area (Å²) in [6.07, 6.45) is 2.45. The number of carbonyl (C=O) groups is 1. The standard InChI is InChI=1S/C28H31N3O5S/c1-18(2)35-28(32)30-21-7-5-20(6-8-21)27-25(16-29)24-10-9-23(15-26(24)31(27)17-19-3-4-19)36-22-11-13-37(33,34)14-12-22/h5-10,15,18-19,22H,3-4,11-14,17H2,1-2H3,(H,30,32). The third-order valence-corrected chi connectivity index (χ3v) is 8.55. The maximum absolute atomic E-state index is 12.0. The molecule has 1 aliphatic carbocycles. The number of hydrogen-bond donors (Lipinski definition) is 1. The van der Waals surface area contributed by atoms with Crippen molar-refractivity contribution >= 4 is 32.5 Å². The molecule has 37 heavy (non-hydrogen) atoms. The van der Waals surface area contributed by atoms with Gasteiger partial charge in [0, 0.05) is 23.7 Å². The van der Waals surface area contributed by atoms with Gasteiger partial charge in [0.2, 0.25) is 0 Å². The van der Waals surface area contributed by atoms with E-state index in [4.69, 9.17) is 9.47 Å². The normalized spacial score (nSPS) is 17.5. The Morgan fingerprint density at radius 2 is 1.81 bits per heavy atom. The highest BCUT2D eigenvalue weighted by molar-refractivity contribution is 7.91. The van der Waals surface area contributed by atoms with E-state index in [-0.39, 0.29) is 23.7 Å². The molecule has 0 radical (unpaired) electrons. The van der Waals surface area contributed by atoms with E-state index in [1.54, 1.807) is 13.8 Å². The number of aromatic nitrogens is 1. The maximum Gasteiger partial charge on any atom is 0.411 e. The van der Waals surface area contributed by atoms with E-state index in [1.807, 2.05) is 42.5 Å². The molecule has 194 valence electrons. The molecule has 1 N–H and O–H groups in total. The summed E-state index contributed by atoms with van der Waals surface area (Å²) in [6.45, 7) is 4.39. The van der Waals surface area contributed by atoms with Crippen LogP contribution < -0.4 is 10.1 Å². The molecular weight excluding hydrogens is 490 g/mol. The van der Waals surface area contributed by atoms with Gasteiger partial charge in [-0.2, -0.15) is 5.26 Å². The number of amides is 1. The van der Waals surface area contributed by atoms with Crippen LogP contribution in [0.3, 0.4) is 0 Å². The number of rotatable bonds is 7. The molecule has 0 bridgehead atoms. The van der Waals surface area contributed by atoms with Crippen molar-refractivity contribution in [1.82, 2.24) is 4.57 Å². The summed E-state index contributed by atoms with van der Waals surface area (Å²) in [5.41, 5.74) is 3.88. The molecule has 5 rings (SSSR count). The minimum Gasteiger partial charge on any atom is -0.490 e. The highest BCUT2D eigenvalue weighted by Crippen LogP contribution is 2.40. The van der Waals surface area contributed by atoms with Crippen molar-refractivity contribution in [3.63, 3.8) is 0 Å². The van der Waals surface area contributed by atoms with Crippen molar-refractivity contribution in [2.45, 2.75) is 58.3 Å². The van der Waals surface area contributed by atoms with Crippen LogP contribution in [-0.2, 0) is 21.1 Å². The number of benzene rings is 2. The summed E-state index contributed by atoms with van der Waals surface area (Å²) in [7, 11) is -2.96. The second-order valence-electron chi connectivity index (χ2n) is 10.2. The fourth-order valence-corrected chi connectivity index (χ4v) is 6.26. The van der Waals surface area contributed by atoms with Gasteiger partial charge in [-0.15, -0.1) is 0 Å². The quantitative estimate of drug-likeness (QED) is 0.439. The molecule has 0 atom stereocenters. The molecule has 2 aliphatic rings. The van der Waals surface area contributed by atoms with Gasteiger partial charge in [-0.05, 0) is 75.3 Å². The zero-order chi connectivity index (χ0) is 26.2. The van der Waals surface area contributed by atoms with Crippen LogP contribution in [-0.4, -0.2) is 42.8 Å². The number of hydrogen-bond acceptors (Lipinski definition) is 6. The SMILES string of the molecule is CC(C)OC(=O)Nc1ccc(-c2c(C#N)c3ccc(OC4CCS(=O)(=O)CC4)cc3n2CC2CC2)cc1. The lowest BCUT2D eigenvalue weighted by Gasteiger charge is -2.23. The second-order valence-corrected chi connectivity index (χ2v) is 12.5. The van der Waals surface area contributed by atoms with E-state index >= 15 is 0 Å². The monoisotopic (exact) mass is 521 g/mol. The van der Waals surface area contributed by atoms with E-state index in [1.165, 1.54) is 0 Å². The molecule has 3 aromatic rings. The molecular formula is C28H31N3O5S. The minimum absolute atomic E-state index is 0.134. The van der Waals surface area contributed by atoms with Gasteiger partial charge in [0.05, 0.1) is 34.4 Å². The highest BCUT2D eigenvalue weighted by atomic mass is 32.2.